The normalized spacial score (nSPS) is 15.2. The maximum absolute atomic E-state index is 12.0. The average molecular weight is 418 g/mol. The van der Waals surface area contributed by atoms with Crippen LogP contribution >= 0.6 is 0 Å². The second kappa shape index (κ2) is 10.4. The summed E-state index contributed by atoms with van der Waals surface area (Å²) in [6, 6.07) is 5.74. The van der Waals surface area contributed by atoms with E-state index in [0.29, 0.717) is 13.0 Å². The number of aromatic nitrogens is 3. The Labute approximate surface area is 177 Å². The third-order valence-corrected chi connectivity index (χ3v) is 5.32. The SMILES string of the molecule is COCCC(=O)NC(C)c1nnc2n1CCN(Cc1cccc(OC)c1OC)CC2. The number of fused-ring (bicyclic) bond motifs is 1. The first-order valence-electron chi connectivity index (χ1n) is 10.2. The second-order valence-corrected chi connectivity index (χ2v) is 7.34. The van der Waals surface area contributed by atoms with Gasteiger partial charge in [0.1, 0.15) is 5.82 Å². The summed E-state index contributed by atoms with van der Waals surface area (Å²) in [4.78, 5) is 14.4. The van der Waals surface area contributed by atoms with Crippen molar-refractivity contribution in [2.45, 2.75) is 38.9 Å². The standard InChI is InChI=1S/C21H31N5O4/c1-15(22-19(27)9-13-28-2)21-24-23-18-8-10-25(11-12-26(18)21)14-16-6-5-7-17(29-3)20(16)30-4/h5-7,15H,8-14H2,1-4H3,(H,22,27). The molecule has 1 amide bonds. The molecule has 0 spiro atoms. The molecule has 1 atom stereocenters. The monoisotopic (exact) mass is 417 g/mol. The van der Waals surface area contributed by atoms with Crippen molar-refractivity contribution in [1.82, 2.24) is 25.0 Å². The Morgan fingerprint density at radius 2 is 2.00 bits per heavy atom. The lowest BCUT2D eigenvalue weighted by atomic mass is 10.1. The maximum Gasteiger partial charge on any atom is 0.222 e. The van der Waals surface area contributed by atoms with Gasteiger partial charge in [0.15, 0.2) is 17.3 Å². The molecule has 0 saturated carbocycles. The fourth-order valence-electron chi connectivity index (χ4n) is 3.76. The number of ether oxygens (including phenoxy) is 3. The summed E-state index contributed by atoms with van der Waals surface area (Å²) >= 11 is 0. The Balaban J connectivity index is 1.66. The number of para-hydroxylation sites is 1. The third-order valence-electron chi connectivity index (χ3n) is 5.32. The highest BCUT2D eigenvalue weighted by Crippen LogP contribution is 2.31. The Kier molecular flexibility index (Phi) is 7.64. The molecule has 0 fully saturated rings. The van der Waals surface area contributed by atoms with Gasteiger partial charge < -0.3 is 24.1 Å². The van der Waals surface area contributed by atoms with Gasteiger partial charge in [-0.3, -0.25) is 9.69 Å². The zero-order chi connectivity index (χ0) is 21.5. The molecule has 9 heteroatoms. The molecule has 1 aliphatic rings. The number of nitrogens with zero attached hydrogens (tertiary/aromatic N) is 4. The summed E-state index contributed by atoms with van der Waals surface area (Å²) in [7, 11) is 4.90. The van der Waals surface area contributed by atoms with E-state index in [4.69, 9.17) is 14.2 Å². The minimum Gasteiger partial charge on any atom is -0.493 e. The van der Waals surface area contributed by atoms with E-state index in [1.807, 2.05) is 19.1 Å². The average Bonchev–Trinajstić information content (AvgIpc) is 3.06. The molecule has 1 N–H and O–H groups in total. The van der Waals surface area contributed by atoms with Gasteiger partial charge in [-0.05, 0) is 13.0 Å². The summed E-state index contributed by atoms with van der Waals surface area (Å²) in [6.45, 7) is 5.58. The zero-order valence-electron chi connectivity index (χ0n) is 18.2. The van der Waals surface area contributed by atoms with Gasteiger partial charge in [-0.15, -0.1) is 10.2 Å². The summed E-state index contributed by atoms with van der Waals surface area (Å²) in [5.74, 6) is 3.20. The van der Waals surface area contributed by atoms with Gasteiger partial charge >= 0.3 is 0 Å². The number of rotatable bonds is 9. The van der Waals surface area contributed by atoms with Gasteiger partial charge in [-0.1, -0.05) is 12.1 Å². The molecule has 9 nitrogen and oxygen atoms in total. The molecular weight excluding hydrogens is 386 g/mol. The van der Waals surface area contributed by atoms with Crippen LogP contribution in [0, 0.1) is 0 Å². The van der Waals surface area contributed by atoms with Gasteiger partial charge in [-0.2, -0.15) is 0 Å². The van der Waals surface area contributed by atoms with Crippen LogP contribution in [-0.4, -0.2) is 66.6 Å². The highest BCUT2D eigenvalue weighted by molar-refractivity contribution is 5.76. The minimum absolute atomic E-state index is 0.0536. The lowest BCUT2D eigenvalue weighted by molar-refractivity contribution is -0.122. The highest BCUT2D eigenvalue weighted by atomic mass is 16.5. The van der Waals surface area contributed by atoms with Crippen LogP contribution in [0.4, 0.5) is 0 Å². The first-order chi connectivity index (χ1) is 14.6. The van der Waals surface area contributed by atoms with Crippen molar-refractivity contribution in [1.29, 1.82) is 0 Å². The predicted octanol–water partition coefficient (Wildman–Crippen LogP) is 1.57. The van der Waals surface area contributed by atoms with Crippen molar-refractivity contribution in [2.24, 2.45) is 0 Å². The number of hydrogen-bond donors (Lipinski definition) is 1. The van der Waals surface area contributed by atoms with Gasteiger partial charge in [0, 0.05) is 51.7 Å². The molecule has 0 bridgehead atoms. The zero-order valence-corrected chi connectivity index (χ0v) is 18.2. The topological polar surface area (TPSA) is 90.7 Å². The van der Waals surface area contributed by atoms with Gasteiger partial charge in [0.25, 0.3) is 0 Å². The van der Waals surface area contributed by atoms with E-state index >= 15 is 0 Å². The van der Waals surface area contributed by atoms with Crippen molar-refractivity contribution in [3.63, 3.8) is 0 Å². The molecule has 2 heterocycles. The van der Waals surface area contributed by atoms with Crippen molar-refractivity contribution in [2.75, 3.05) is 41.0 Å². The molecule has 0 aliphatic carbocycles. The van der Waals surface area contributed by atoms with Crippen LogP contribution in [0.25, 0.3) is 0 Å². The molecule has 2 aromatic rings. The van der Waals surface area contributed by atoms with E-state index in [1.165, 1.54) is 0 Å². The molecule has 30 heavy (non-hydrogen) atoms. The highest BCUT2D eigenvalue weighted by Gasteiger charge is 2.23. The minimum atomic E-state index is -0.208. The van der Waals surface area contributed by atoms with Crippen molar-refractivity contribution in [3.8, 4) is 11.5 Å². The quantitative estimate of drug-likeness (QED) is 0.662. The molecule has 0 saturated heterocycles. The number of nitrogens with one attached hydrogen (secondary N) is 1. The molecule has 3 rings (SSSR count). The second-order valence-electron chi connectivity index (χ2n) is 7.34. The van der Waals surface area contributed by atoms with Gasteiger partial charge in [0.2, 0.25) is 5.91 Å². The molecule has 1 unspecified atom stereocenters. The predicted molar refractivity (Wildman–Crippen MR) is 112 cm³/mol. The first kappa shape index (κ1) is 22.0. The molecule has 1 aromatic heterocycles. The van der Waals surface area contributed by atoms with Crippen molar-refractivity contribution in [3.05, 3.63) is 35.4 Å². The molecule has 1 aliphatic heterocycles. The number of hydrogen-bond acceptors (Lipinski definition) is 7. The van der Waals surface area contributed by atoms with Crippen LogP contribution in [0.1, 0.15) is 36.6 Å². The van der Waals surface area contributed by atoms with Gasteiger partial charge in [0.05, 0.1) is 26.9 Å². The van der Waals surface area contributed by atoms with E-state index in [0.717, 1.165) is 61.3 Å². The lowest BCUT2D eigenvalue weighted by Crippen LogP contribution is -2.30. The third kappa shape index (κ3) is 5.09. The van der Waals surface area contributed by atoms with Gasteiger partial charge in [-0.25, -0.2) is 0 Å². The Hall–Kier alpha value is -2.65. The number of amides is 1. The van der Waals surface area contributed by atoms with Crippen LogP contribution in [0.3, 0.4) is 0 Å². The smallest absolute Gasteiger partial charge is 0.222 e. The van der Waals surface area contributed by atoms with Crippen LogP contribution in [-0.2, 0) is 29.0 Å². The molecule has 0 radical (unpaired) electrons. The van der Waals surface area contributed by atoms with Crippen molar-refractivity contribution < 1.29 is 19.0 Å². The summed E-state index contributed by atoms with van der Waals surface area (Å²) in [6.07, 6.45) is 1.13. The summed E-state index contributed by atoms with van der Waals surface area (Å²) in [5.41, 5.74) is 1.09. The fourth-order valence-corrected chi connectivity index (χ4v) is 3.76. The summed E-state index contributed by atoms with van der Waals surface area (Å²) in [5, 5.41) is 11.7. The van der Waals surface area contributed by atoms with Crippen LogP contribution < -0.4 is 14.8 Å². The number of methoxy groups -OCH3 is 3. The van der Waals surface area contributed by atoms with E-state index < -0.39 is 0 Å². The maximum atomic E-state index is 12.0. The van der Waals surface area contributed by atoms with E-state index in [1.54, 1.807) is 21.3 Å². The van der Waals surface area contributed by atoms with E-state index in [-0.39, 0.29) is 11.9 Å². The molecular formula is C21H31N5O4. The van der Waals surface area contributed by atoms with E-state index in [2.05, 4.69) is 31.0 Å². The lowest BCUT2D eigenvalue weighted by Gasteiger charge is -2.22. The Morgan fingerprint density at radius 3 is 2.73 bits per heavy atom. The summed E-state index contributed by atoms with van der Waals surface area (Å²) < 4.78 is 18.1. The first-order valence-corrected chi connectivity index (χ1v) is 10.2. The number of carbonyl (C=O) groups excluding carboxylic acids is 1. The van der Waals surface area contributed by atoms with Crippen LogP contribution in [0.5, 0.6) is 11.5 Å². The van der Waals surface area contributed by atoms with Crippen LogP contribution in [0.15, 0.2) is 18.2 Å². The Bertz CT molecular complexity index is 854. The fraction of sp³-hybridized carbons (Fsp3) is 0.571. The number of carbonyl (C=O) groups is 1. The Morgan fingerprint density at radius 1 is 1.17 bits per heavy atom. The van der Waals surface area contributed by atoms with Crippen molar-refractivity contribution >= 4 is 5.91 Å². The van der Waals surface area contributed by atoms with Crippen LogP contribution in [0.2, 0.25) is 0 Å². The molecule has 164 valence electrons. The largest absolute Gasteiger partial charge is 0.493 e. The van der Waals surface area contributed by atoms with E-state index in [9.17, 15) is 4.79 Å². The molecule has 1 aromatic carbocycles. The number of benzene rings is 1.